The average molecular weight is 257 g/mol. The van der Waals surface area contributed by atoms with Gasteiger partial charge in [0.15, 0.2) is 0 Å². The Morgan fingerprint density at radius 1 is 1.37 bits per heavy atom. The van der Waals surface area contributed by atoms with E-state index in [0.717, 1.165) is 31.0 Å². The molecule has 2 aromatic heterocycles. The van der Waals surface area contributed by atoms with Gasteiger partial charge in [-0.15, -0.1) is 0 Å². The van der Waals surface area contributed by atoms with Gasteiger partial charge in [-0.3, -0.25) is 0 Å². The van der Waals surface area contributed by atoms with E-state index >= 15 is 0 Å². The van der Waals surface area contributed by atoms with Crippen LogP contribution in [0.25, 0.3) is 0 Å². The molecular formula is C14H19N5. The van der Waals surface area contributed by atoms with E-state index in [-0.39, 0.29) is 0 Å². The van der Waals surface area contributed by atoms with Gasteiger partial charge >= 0.3 is 0 Å². The highest BCUT2D eigenvalue weighted by atomic mass is 15.2. The fourth-order valence-electron chi connectivity index (χ4n) is 2.72. The highest BCUT2D eigenvalue weighted by Gasteiger charge is 2.20. The van der Waals surface area contributed by atoms with Gasteiger partial charge < -0.3 is 9.47 Å². The number of hydrogen-bond donors (Lipinski definition) is 0. The first kappa shape index (κ1) is 12.1. The summed E-state index contributed by atoms with van der Waals surface area (Å²) in [5.74, 6) is 2.88. The molecule has 1 aliphatic rings. The summed E-state index contributed by atoms with van der Waals surface area (Å²) >= 11 is 0. The summed E-state index contributed by atoms with van der Waals surface area (Å²) in [6.07, 6.45) is 7.89. The maximum absolute atomic E-state index is 4.37. The molecule has 5 heteroatoms. The smallest absolute Gasteiger partial charge is 0.131 e. The van der Waals surface area contributed by atoms with Crippen LogP contribution in [0.5, 0.6) is 0 Å². The van der Waals surface area contributed by atoms with Crippen molar-refractivity contribution < 1.29 is 0 Å². The van der Waals surface area contributed by atoms with Crippen LogP contribution in [0.1, 0.15) is 17.9 Å². The molecule has 0 spiro atoms. The topological polar surface area (TPSA) is 46.8 Å². The van der Waals surface area contributed by atoms with Gasteiger partial charge in [0.25, 0.3) is 0 Å². The van der Waals surface area contributed by atoms with E-state index in [1.165, 1.54) is 12.2 Å². The van der Waals surface area contributed by atoms with Crippen molar-refractivity contribution in [3.63, 3.8) is 0 Å². The van der Waals surface area contributed by atoms with Crippen molar-refractivity contribution in [2.75, 3.05) is 18.5 Å². The molecule has 0 saturated heterocycles. The summed E-state index contributed by atoms with van der Waals surface area (Å²) in [6, 6.07) is 2.03. The number of nitrogens with zero attached hydrogens (tertiary/aromatic N) is 5. The maximum Gasteiger partial charge on any atom is 0.131 e. The summed E-state index contributed by atoms with van der Waals surface area (Å²) in [5.41, 5.74) is 1.01. The predicted octanol–water partition coefficient (Wildman–Crippen LogP) is 1.68. The van der Waals surface area contributed by atoms with E-state index in [4.69, 9.17) is 0 Å². The molecule has 0 bridgehead atoms. The molecule has 3 heterocycles. The first-order valence-electron chi connectivity index (χ1n) is 6.72. The lowest BCUT2D eigenvalue weighted by Gasteiger charge is -2.28. The molecule has 0 radical (unpaired) electrons. The van der Waals surface area contributed by atoms with Crippen molar-refractivity contribution in [1.29, 1.82) is 0 Å². The summed E-state index contributed by atoms with van der Waals surface area (Å²) in [7, 11) is 2.10. The Morgan fingerprint density at radius 2 is 2.26 bits per heavy atom. The van der Waals surface area contributed by atoms with Gasteiger partial charge in [0.1, 0.15) is 18.0 Å². The van der Waals surface area contributed by atoms with Crippen molar-refractivity contribution in [2.24, 2.45) is 5.92 Å². The van der Waals surface area contributed by atoms with Crippen LogP contribution in [0.3, 0.4) is 0 Å². The Bertz CT molecular complexity index is 562. The third-order valence-electron chi connectivity index (χ3n) is 3.75. The molecule has 5 nitrogen and oxygen atoms in total. The van der Waals surface area contributed by atoms with E-state index in [2.05, 4.69) is 37.7 Å². The maximum atomic E-state index is 4.37. The Hall–Kier alpha value is -1.91. The van der Waals surface area contributed by atoms with Crippen molar-refractivity contribution in [1.82, 2.24) is 19.5 Å². The largest absolute Gasteiger partial charge is 0.359 e. The van der Waals surface area contributed by atoms with Crippen LogP contribution in [0, 0.1) is 12.8 Å². The first-order chi connectivity index (χ1) is 9.22. The third kappa shape index (κ3) is 2.59. The van der Waals surface area contributed by atoms with Crippen LogP contribution in [0.4, 0.5) is 5.82 Å². The quantitative estimate of drug-likeness (QED) is 0.839. The number of aryl methyl sites for hydroxylation is 2. The minimum atomic E-state index is 0.655. The molecule has 0 N–H and O–H groups in total. The van der Waals surface area contributed by atoms with E-state index in [0.29, 0.717) is 5.92 Å². The van der Waals surface area contributed by atoms with Crippen LogP contribution in [-0.4, -0.2) is 33.1 Å². The molecule has 1 atom stereocenters. The summed E-state index contributed by atoms with van der Waals surface area (Å²) < 4.78 is 2.27. The molecule has 0 saturated carbocycles. The Labute approximate surface area is 113 Å². The monoisotopic (exact) mass is 257 g/mol. The first-order valence-corrected chi connectivity index (χ1v) is 6.72. The number of anilines is 1. The molecule has 0 aromatic carbocycles. The predicted molar refractivity (Wildman–Crippen MR) is 74.1 cm³/mol. The lowest BCUT2D eigenvalue weighted by atomic mass is 9.99. The highest BCUT2D eigenvalue weighted by molar-refractivity contribution is 5.37. The summed E-state index contributed by atoms with van der Waals surface area (Å²) in [4.78, 5) is 15.1. The van der Waals surface area contributed by atoms with Crippen LogP contribution >= 0.6 is 0 Å². The summed E-state index contributed by atoms with van der Waals surface area (Å²) in [5, 5.41) is 0. The van der Waals surface area contributed by atoms with Crippen LogP contribution in [0.15, 0.2) is 24.8 Å². The van der Waals surface area contributed by atoms with Gasteiger partial charge in [0, 0.05) is 50.7 Å². The standard InChI is InChI=1S/C14H19N5/c1-11-7-14(17-10-16-11)18(2)8-12-3-4-13-15-5-6-19(13)9-12/h5-7,10,12H,3-4,8-9H2,1-2H3/t12-/m1/s1. The zero-order chi connectivity index (χ0) is 13.2. The van der Waals surface area contributed by atoms with E-state index in [1.54, 1.807) is 6.33 Å². The van der Waals surface area contributed by atoms with Gasteiger partial charge in [-0.1, -0.05) is 0 Å². The summed E-state index contributed by atoms with van der Waals surface area (Å²) in [6.45, 7) is 4.08. The van der Waals surface area contributed by atoms with Crippen LogP contribution < -0.4 is 4.90 Å². The normalized spacial score (nSPS) is 18.1. The van der Waals surface area contributed by atoms with Crippen LogP contribution in [-0.2, 0) is 13.0 Å². The van der Waals surface area contributed by atoms with Crippen molar-refractivity contribution >= 4 is 5.82 Å². The molecule has 0 amide bonds. The molecule has 2 aromatic rings. The second-order valence-corrected chi connectivity index (χ2v) is 5.30. The lowest BCUT2D eigenvalue weighted by molar-refractivity contribution is 0.368. The second kappa shape index (κ2) is 4.99. The van der Waals surface area contributed by atoms with Gasteiger partial charge in [-0.25, -0.2) is 15.0 Å². The SMILES string of the molecule is Cc1cc(N(C)C[C@H]2CCc3nccn3C2)ncn1. The van der Waals surface area contributed by atoms with Crippen molar-refractivity contribution in [3.05, 3.63) is 36.3 Å². The van der Waals surface area contributed by atoms with E-state index in [9.17, 15) is 0 Å². The molecular weight excluding hydrogens is 238 g/mol. The fourth-order valence-corrected chi connectivity index (χ4v) is 2.72. The molecule has 1 aliphatic heterocycles. The van der Waals surface area contributed by atoms with Crippen LogP contribution in [0.2, 0.25) is 0 Å². The minimum Gasteiger partial charge on any atom is -0.359 e. The molecule has 0 fully saturated rings. The Balaban J connectivity index is 1.66. The molecule has 0 aliphatic carbocycles. The average Bonchev–Trinajstić information content (AvgIpc) is 2.86. The van der Waals surface area contributed by atoms with Gasteiger partial charge in [-0.2, -0.15) is 0 Å². The number of rotatable bonds is 3. The van der Waals surface area contributed by atoms with Crippen molar-refractivity contribution in [3.8, 4) is 0 Å². The molecule has 0 unspecified atom stereocenters. The minimum absolute atomic E-state index is 0.655. The molecule has 100 valence electrons. The van der Waals surface area contributed by atoms with Gasteiger partial charge in [0.05, 0.1) is 0 Å². The van der Waals surface area contributed by atoms with Crippen molar-refractivity contribution in [2.45, 2.75) is 26.3 Å². The van der Waals surface area contributed by atoms with Gasteiger partial charge in [0.2, 0.25) is 0 Å². The number of imidazole rings is 1. The Kier molecular flexibility index (Phi) is 3.19. The zero-order valence-electron chi connectivity index (χ0n) is 11.5. The Morgan fingerprint density at radius 3 is 3.11 bits per heavy atom. The molecule has 3 rings (SSSR count). The number of fused-ring (bicyclic) bond motifs is 1. The highest BCUT2D eigenvalue weighted by Crippen LogP contribution is 2.21. The van der Waals surface area contributed by atoms with Gasteiger partial charge in [-0.05, 0) is 19.3 Å². The third-order valence-corrected chi connectivity index (χ3v) is 3.75. The fraction of sp³-hybridized carbons (Fsp3) is 0.500. The molecule has 19 heavy (non-hydrogen) atoms. The number of aromatic nitrogens is 4. The van der Waals surface area contributed by atoms with E-state index < -0.39 is 0 Å². The second-order valence-electron chi connectivity index (χ2n) is 5.30. The lowest BCUT2D eigenvalue weighted by Crippen LogP contribution is -2.32. The zero-order valence-corrected chi connectivity index (χ0v) is 11.5. The van der Waals surface area contributed by atoms with E-state index in [1.807, 2.05) is 19.2 Å². The number of hydrogen-bond acceptors (Lipinski definition) is 4.